The largest absolute Gasteiger partial charge is 0.459 e. The lowest BCUT2D eigenvalue weighted by Gasteiger charge is -2.34. The molecule has 0 spiro atoms. The molecule has 9 nitrogen and oxygen atoms in total. The number of rotatable bonds is 4. The van der Waals surface area contributed by atoms with Crippen LogP contribution < -0.4 is 5.32 Å². The summed E-state index contributed by atoms with van der Waals surface area (Å²) in [5.41, 5.74) is 0. The molecule has 1 fully saturated rings. The van der Waals surface area contributed by atoms with Crippen molar-refractivity contribution in [3.8, 4) is 0 Å². The van der Waals surface area contributed by atoms with E-state index in [-0.39, 0.29) is 18.0 Å². The molecule has 3 rings (SSSR count). The van der Waals surface area contributed by atoms with Crippen molar-refractivity contribution >= 4 is 11.9 Å². The standard InChI is InChI=1S/C15H20N6O3/c1-12(9-21-11-16-10-17-21)18-15(23)20-6-4-19(5-7-20)14(22)13-3-2-8-24-13/h2-3,8,10-12H,4-7,9H2,1H3,(H,18,23)/t12-/m0/s1. The third kappa shape index (κ3) is 3.73. The van der Waals surface area contributed by atoms with Gasteiger partial charge in [-0.3, -0.25) is 9.48 Å². The van der Waals surface area contributed by atoms with Crippen LogP contribution in [-0.4, -0.2) is 68.7 Å². The fraction of sp³-hybridized carbons (Fsp3) is 0.467. The van der Waals surface area contributed by atoms with Crippen LogP contribution in [0.25, 0.3) is 0 Å². The molecule has 3 heterocycles. The molecule has 9 heteroatoms. The second kappa shape index (κ2) is 7.16. The van der Waals surface area contributed by atoms with Crippen LogP contribution in [0.2, 0.25) is 0 Å². The van der Waals surface area contributed by atoms with E-state index in [9.17, 15) is 9.59 Å². The summed E-state index contributed by atoms with van der Waals surface area (Å²) >= 11 is 0. The van der Waals surface area contributed by atoms with Gasteiger partial charge in [-0.25, -0.2) is 9.78 Å². The number of amides is 3. The number of nitrogens with zero attached hydrogens (tertiary/aromatic N) is 5. The minimum absolute atomic E-state index is 0.0676. The highest BCUT2D eigenvalue weighted by Gasteiger charge is 2.26. The van der Waals surface area contributed by atoms with E-state index in [0.29, 0.717) is 38.5 Å². The topological polar surface area (TPSA) is 96.5 Å². The molecule has 0 aromatic carbocycles. The van der Waals surface area contributed by atoms with Gasteiger partial charge in [-0.1, -0.05) is 0 Å². The average molecular weight is 332 g/mol. The zero-order valence-corrected chi connectivity index (χ0v) is 13.5. The summed E-state index contributed by atoms with van der Waals surface area (Å²) in [6, 6.07) is 3.13. The van der Waals surface area contributed by atoms with E-state index in [1.54, 1.807) is 32.9 Å². The maximum atomic E-state index is 12.3. The van der Waals surface area contributed by atoms with Gasteiger partial charge in [0.05, 0.1) is 12.8 Å². The van der Waals surface area contributed by atoms with E-state index >= 15 is 0 Å². The van der Waals surface area contributed by atoms with E-state index in [2.05, 4.69) is 15.4 Å². The second-order valence-corrected chi connectivity index (χ2v) is 5.72. The number of hydrogen-bond donors (Lipinski definition) is 1. The molecule has 2 aromatic rings. The van der Waals surface area contributed by atoms with Gasteiger partial charge in [0, 0.05) is 32.2 Å². The van der Waals surface area contributed by atoms with Crippen LogP contribution in [0.1, 0.15) is 17.5 Å². The number of urea groups is 1. The molecule has 0 bridgehead atoms. The molecule has 2 aromatic heterocycles. The molecular weight excluding hydrogens is 312 g/mol. The monoisotopic (exact) mass is 332 g/mol. The highest BCUT2D eigenvalue weighted by Crippen LogP contribution is 2.09. The summed E-state index contributed by atoms with van der Waals surface area (Å²) in [7, 11) is 0. The third-order valence-electron chi connectivity index (χ3n) is 3.88. The van der Waals surface area contributed by atoms with Gasteiger partial charge < -0.3 is 19.5 Å². The van der Waals surface area contributed by atoms with Gasteiger partial charge in [-0.05, 0) is 19.1 Å². The fourth-order valence-corrected chi connectivity index (χ4v) is 2.62. The molecule has 0 saturated carbocycles. The summed E-state index contributed by atoms with van der Waals surface area (Å²) in [4.78, 5) is 31.8. The quantitative estimate of drug-likeness (QED) is 0.876. The Morgan fingerprint density at radius 1 is 1.29 bits per heavy atom. The Morgan fingerprint density at radius 2 is 2.04 bits per heavy atom. The molecule has 0 unspecified atom stereocenters. The predicted molar refractivity (Wildman–Crippen MR) is 84.2 cm³/mol. The van der Waals surface area contributed by atoms with Crippen LogP contribution in [0.5, 0.6) is 0 Å². The summed E-state index contributed by atoms with van der Waals surface area (Å²) in [6.07, 6.45) is 4.55. The van der Waals surface area contributed by atoms with Crippen LogP contribution in [-0.2, 0) is 6.54 Å². The highest BCUT2D eigenvalue weighted by molar-refractivity contribution is 5.91. The molecular formula is C15H20N6O3. The number of aromatic nitrogens is 3. The lowest BCUT2D eigenvalue weighted by Crippen LogP contribution is -2.54. The number of hydrogen-bond acceptors (Lipinski definition) is 5. The lowest BCUT2D eigenvalue weighted by molar-refractivity contribution is 0.0632. The van der Waals surface area contributed by atoms with Crippen molar-refractivity contribution in [2.45, 2.75) is 19.5 Å². The molecule has 1 N–H and O–H groups in total. The number of piperazine rings is 1. The maximum Gasteiger partial charge on any atom is 0.317 e. The Bertz CT molecular complexity index is 661. The van der Waals surface area contributed by atoms with Gasteiger partial charge in [-0.15, -0.1) is 0 Å². The Hall–Kier alpha value is -2.84. The van der Waals surface area contributed by atoms with Crippen molar-refractivity contribution in [3.05, 3.63) is 36.8 Å². The number of carbonyl (C=O) groups excluding carboxylic acids is 2. The molecule has 1 aliphatic heterocycles. The summed E-state index contributed by atoms with van der Waals surface area (Å²) in [6.45, 7) is 4.44. The summed E-state index contributed by atoms with van der Waals surface area (Å²) in [5, 5.41) is 6.95. The Morgan fingerprint density at radius 3 is 2.67 bits per heavy atom. The first-order valence-electron chi connectivity index (χ1n) is 7.84. The Kier molecular flexibility index (Phi) is 4.78. The van der Waals surface area contributed by atoms with Crippen molar-refractivity contribution in [3.63, 3.8) is 0 Å². The van der Waals surface area contributed by atoms with Crippen molar-refractivity contribution in [1.82, 2.24) is 29.9 Å². The van der Waals surface area contributed by atoms with E-state index in [1.807, 2.05) is 6.92 Å². The SMILES string of the molecule is C[C@@H](Cn1cncn1)NC(=O)N1CCN(C(=O)c2ccco2)CC1. The van der Waals surface area contributed by atoms with E-state index < -0.39 is 0 Å². The first kappa shape index (κ1) is 16.0. The van der Waals surface area contributed by atoms with E-state index in [4.69, 9.17) is 4.42 Å². The smallest absolute Gasteiger partial charge is 0.317 e. The van der Waals surface area contributed by atoms with Gasteiger partial charge in [0.2, 0.25) is 0 Å². The summed E-state index contributed by atoms with van der Waals surface area (Å²) in [5.74, 6) is 0.189. The third-order valence-corrected chi connectivity index (χ3v) is 3.88. The molecule has 3 amide bonds. The van der Waals surface area contributed by atoms with Gasteiger partial charge in [0.15, 0.2) is 5.76 Å². The summed E-state index contributed by atoms with van der Waals surface area (Å²) < 4.78 is 6.80. The van der Waals surface area contributed by atoms with E-state index in [0.717, 1.165) is 0 Å². The van der Waals surface area contributed by atoms with Crippen LogP contribution in [0.4, 0.5) is 4.79 Å². The molecule has 1 atom stereocenters. The zero-order chi connectivity index (χ0) is 16.9. The number of furan rings is 1. The van der Waals surface area contributed by atoms with Crippen molar-refractivity contribution in [2.75, 3.05) is 26.2 Å². The minimum atomic E-state index is -0.139. The van der Waals surface area contributed by atoms with Gasteiger partial charge in [0.1, 0.15) is 12.7 Å². The molecule has 0 aliphatic carbocycles. The van der Waals surface area contributed by atoms with Crippen LogP contribution in [0.15, 0.2) is 35.5 Å². The zero-order valence-electron chi connectivity index (χ0n) is 13.5. The van der Waals surface area contributed by atoms with Crippen LogP contribution in [0.3, 0.4) is 0 Å². The maximum absolute atomic E-state index is 12.3. The Balaban J connectivity index is 1.45. The van der Waals surface area contributed by atoms with E-state index in [1.165, 1.54) is 12.6 Å². The molecule has 24 heavy (non-hydrogen) atoms. The lowest BCUT2D eigenvalue weighted by atomic mass is 10.3. The minimum Gasteiger partial charge on any atom is -0.459 e. The highest BCUT2D eigenvalue weighted by atomic mass is 16.3. The van der Waals surface area contributed by atoms with Crippen LogP contribution in [0, 0.1) is 0 Å². The van der Waals surface area contributed by atoms with Crippen LogP contribution >= 0.6 is 0 Å². The van der Waals surface area contributed by atoms with Crippen molar-refractivity contribution < 1.29 is 14.0 Å². The Labute approximate surface area is 139 Å². The molecule has 128 valence electrons. The van der Waals surface area contributed by atoms with Gasteiger partial charge >= 0.3 is 6.03 Å². The number of carbonyl (C=O) groups is 2. The van der Waals surface area contributed by atoms with Gasteiger partial charge in [0.25, 0.3) is 5.91 Å². The van der Waals surface area contributed by atoms with Crippen molar-refractivity contribution in [2.24, 2.45) is 0 Å². The van der Waals surface area contributed by atoms with Crippen molar-refractivity contribution in [1.29, 1.82) is 0 Å². The number of nitrogens with one attached hydrogen (secondary N) is 1. The molecule has 1 saturated heterocycles. The first-order chi connectivity index (χ1) is 11.6. The molecule has 1 aliphatic rings. The average Bonchev–Trinajstić information content (AvgIpc) is 3.27. The second-order valence-electron chi connectivity index (χ2n) is 5.72. The van der Waals surface area contributed by atoms with Gasteiger partial charge in [-0.2, -0.15) is 5.10 Å². The molecule has 0 radical (unpaired) electrons. The predicted octanol–water partition coefficient (Wildman–Crippen LogP) is 0.427. The normalized spacial score (nSPS) is 16.0. The fourth-order valence-electron chi connectivity index (χ4n) is 2.62. The first-order valence-corrected chi connectivity index (χ1v) is 7.84.